The minimum absolute atomic E-state index is 0.380. The lowest BCUT2D eigenvalue weighted by molar-refractivity contribution is 0.0734. The average Bonchev–Trinajstić information content (AvgIpc) is 2.95. The van der Waals surface area contributed by atoms with Crippen molar-refractivity contribution in [2.24, 2.45) is 11.8 Å². The molecule has 0 amide bonds. The molecule has 38 heavy (non-hydrogen) atoms. The second kappa shape index (κ2) is 17.7. The molecular formula is C34H48O4. The SMILES string of the molecule is C=CCCCCCOc1ccc(C(=O)Oc2ccc(OCCC[C@H]3CC[C@H](CCCCC)CC3)cc2)cc1. The van der Waals surface area contributed by atoms with Crippen LogP contribution in [0.25, 0.3) is 0 Å². The van der Waals surface area contributed by atoms with Gasteiger partial charge in [-0.2, -0.15) is 0 Å². The molecule has 2 aromatic rings. The third-order valence-corrected chi connectivity index (χ3v) is 7.65. The first kappa shape index (κ1) is 29.8. The number of hydrogen-bond acceptors (Lipinski definition) is 4. The first-order chi connectivity index (χ1) is 18.7. The smallest absolute Gasteiger partial charge is 0.343 e. The van der Waals surface area contributed by atoms with Crippen LogP contribution in [0.4, 0.5) is 0 Å². The summed E-state index contributed by atoms with van der Waals surface area (Å²) in [4.78, 5) is 12.5. The van der Waals surface area contributed by atoms with Crippen molar-refractivity contribution in [3.05, 3.63) is 66.7 Å². The van der Waals surface area contributed by atoms with Crippen LogP contribution in [0.5, 0.6) is 17.2 Å². The monoisotopic (exact) mass is 520 g/mol. The van der Waals surface area contributed by atoms with Crippen LogP contribution in [0.15, 0.2) is 61.2 Å². The highest BCUT2D eigenvalue weighted by molar-refractivity contribution is 5.91. The van der Waals surface area contributed by atoms with Gasteiger partial charge in [-0.3, -0.25) is 0 Å². The zero-order valence-electron chi connectivity index (χ0n) is 23.5. The molecule has 3 rings (SSSR count). The lowest BCUT2D eigenvalue weighted by atomic mass is 9.78. The molecule has 1 aliphatic rings. The maximum atomic E-state index is 12.5. The summed E-state index contributed by atoms with van der Waals surface area (Å²) in [5, 5.41) is 0. The molecule has 1 saturated carbocycles. The molecule has 0 saturated heterocycles. The van der Waals surface area contributed by atoms with Crippen molar-refractivity contribution in [3.8, 4) is 17.2 Å². The fourth-order valence-electron chi connectivity index (χ4n) is 5.27. The third kappa shape index (κ3) is 11.3. The number of rotatable bonds is 18. The molecule has 2 aromatic carbocycles. The maximum Gasteiger partial charge on any atom is 0.343 e. The second-order valence-corrected chi connectivity index (χ2v) is 10.7. The van der Waals surface area contributed by atoms with Crippen LogP contribution in [0.3, 0.4) is 0 Å². The minimum atomic E-state index is -0.380. The summed E-state index contributed by atoms with van der Waals surface area (Å²) in [6, 6.07) is 14.4. The summed E-state index contributed by atoms with van der Waals surface area (Å²) >= 11 is 0. The Kier molecular flexibility index (Phi) is 13.9. The quantitative estimate of drug-likeness (QED) is 0.0849. The number of ether oxygens (including phenoxy) is 3. The van der Waals surface area contributed by atoms with Gasteiger partial charge in [0, 0.05) is 0 Å². The molecule has 0 aliphatic heterocycles. The van der Waals surface area contributed by atoms with Crippen molar-refractivity contribution in [2.45, 2.75) is 96.8 Å². The van der Waals surface area contributed by atoms with Crippen molar-refractivity contribution in [2.75, 3.05) is 13.2 Å². The van der Waals surface area contributed by atoms with E-state index in [0.717, 1.165) is 62.0 Å². The number of hydrogen-bond donors (Lipinski definition) is 0. The minimum Gasteiger partial charge on any atom is -0.494 e. The van der Waals surface area contributed by atoms with Gasteiger partial charge in [0.1, 0.15) is 17.2 Å². The van der Waals surface area contributed by atoms with Gasteiger partial charge in [0.15, 0.2) is 0 Å². The summed E-state index contributed by atoms with van der Waals surface area (Å²) in [6.07, 6.45) is 19.8. The van der Waals surface area contributed by atoms with Gasteiger partial charge < -0.3 is 14.2 Å². The molecule has 0 bridgehead atoms. The summed E-state index contributed by atoms with van der Waals surface area (Å²) in [7, 11) is 0. The third-order valence-electron chi connectivity index (χ3n) is 7.65. The number of allylic oxidation sites excluding steroid dienone is 1. The van der Waals surface area contributed by atoms with E-state index in [1.54, 1.807) is 24.3 Å². The summed E-state index contributed by atoms with van der Waals surface area (Å²) < 4.78 is 17.2. The van der Waals surface area contributed by atoms with Crippen LogP contribution in [0.2, 0.25) is 0 Å². The van der Waals surface area contributed by atoms with Crippen LogP contribution < -0.4 is 14.2 Å². The standard InChI is InChI=1S/C34H48O4/c1-3-5-7-8-10-26-36-31-20-18-30(19-21-31)34(35)38-33-24-22-32(23-25-33)37-27-11-13-29-16-14-28(15-17-29)12-9-6-4-2/h3,18-25,28-29H,1,4-17,26-27H2,2H3/t28-,29-. The highest BCUT2D eigenvalue weighted by atomic mass is 16.5. The number of esters is 1. The number of unbranched alkanes of at least 4 members (excludes halogenated alkanes) is 5. The summed E-state index contributed by atoms with van der Waals surface area (Å²) in [5.74, 6) is 3.56. The van der Waals surface area contributed by atoms with Crippen LogP contribution >= 0.6 is 0 Å². The first-order valence-corrected chi connectivity index (χ1v) is 15.0. The van der Waals surface area contributed by atoms with Gasteiger partial charge in [-0.05, 0) is 98.9 Å². The van der Waals surface area contributed by atoms with E-state index >= 15 is 0 Å². The second-order valence-electron chi connectivity index (χ2n) is 10.7. The Bertz CT molecular complexity index is 911. The largest absolute Gasteiger partial charge is 0.494 e. The molecule has 0 heterocycles. The Morgan fingerprint density at radius 3 is 1.89 bits per heavy atom. The molecule has 0 atom stereocenters. The molecular weight excluding hydrogens is 472 g/mol. The van der Waals surface area contributed by atoms with Crippen LogP contribution in [-0.2, 0) is 0 Å². The Morgan fingerprint density at radius 2 is 1.29 bits per heavy atom. The molecule has 4 heteroatoms. The van der Waals surface area contributed by atoms with Gasteiger partial charge >= 0.3 is 5.97 Å². The molecule has 0 aromatic heterocycles. The predicted octanol–water partition coefficient (Wildman–Crippen LogP) is 9.58. The van der Waals surface area contributed by atoms with Gasteiger partial charge in [-0.15, -0.1) is 6.58 Å². The molecule has 4 nitrogen and oxygen atoms in total. The lowest BCUT2D eigenvalue weighted by Crippen LogP contribution is -2.15. The zero-order chi connectivity index (χ0) is 26.8. The van der Waals surface area contributed by atoms with Gasteiger partial charge in [-0.1, -0.05) is 64.4 Å². The van der Waals surface area contributed by atoms with Crippen LogP contribution in [0.1, 0.15) is 107 Å². The summed E-state index contributed by atoms with van der Waals surface area (Å²) in [6.45, 7) is 7.44. The Balaban J connectivity index is 1.29. The first-order valence-electron chi connectivity index (χ1n) is 15.0. The number of benzene rings is 2. The van der Waals surface area contributed by atoms with E-state index < -0.39 is 0 Å². The predicted molar refractivity (Wildman–Crippen MR) is 156 cm³/mol. The van der Waals surface area contributed by atoms with Gasteiger partial charge in [0.05, 0.1) is 18.8 Å². The van der Waals surface area contributed by atoms with Gasteiger partial charge in [0.25, 0.3) is 0 Å². The molecule has 1 aliphatic carbocycles. The van der Waals surface area contributed by atoms with Gasteiger partial charge in [0.2, 0.25) is 0 Å². The van der Waals surface area contributed by atoms with E-state index in [4.69, 9.17) is 14.2 Å². The van der Waals surface area contributed by atoms with E-state index in [2.05, 4.69) is 13.5 Å². The molecule has 0 N–H and O–H groups in total. The van der Waals surface area contributed by atoms with E-state index in [9.17, 15) is 4.79 Å². The Hall–Kier alpha value is -2.75. The van der Waals surface area contributed by atoms with E-state index in [0.29, 0.717) is 17.9 Å². The molecule has 0 unspecified atom stereocenters. The summed E-state index contributed by atoms with van der Waals surface area (Å²) in [5.41, 5.74) is 0.499. The van der Waals surface area contributed by atoms with E-state index in [1.807, 2.05) is 30.3 Å². The van der Waals surface area contributed by atoms with Crippen molar-refractivity contribution < 1.29 is 19.0 Å². The highest BCUT2D eigenvalue weighted by Gasteiger charge is 2.20. The van der Waals surface area contributed by atoms with Crippen LogP contribution in [-0.4, -0.2) is 19.2 Å². The normalized spacial score (nSPS) is 17.1. The Morgan fingerprint density at radius 1 is 0.737 bits per heavy atom. The topological polar surface area (TPSA) is 44.8 Å². The number of carbonyl (C=O) groups excluding carboxylic acids is 1. The molecule has 0 spiro atoms. The van der Waals surface area contributed by atoms with Gasteiger partial charge in [-0.25, -0.2) is 4.79 Å². The van der Waals surface area contributed by atoms with Crippen molar-refractivity contribution >= 4 is 5.97 Å². The number of carbonyl (C=O) groups is 1. The zero-order valence-corrected chi connectivity index (χ0v) is 23.5. The van der Waals surface area contributed by atoms with E-state index in [-0.39, 0.29) is 5.97 Å². The Labute approximate surface area is 230 Å². The van der Waals surface area contributed by atoms with Crippen molar-refractivity contribution in [3.63, 3.8) is 0 Å². The van der Waals surface area contributed by atoms with Crippen molar-refractivity contribution in [1.29, 1.82) is 0 Å². The highest BCUT2D eigenvalue weighted by Crippen LogP contribution is 2.34. The van der Waals surface area contributed by atoms with Crippen molar-refractivity contribution in [1.82, 2.24) is 0 Å². The fourth-order valence-corrected chi connectivity index (χ4v) is 5.27. The lowest BCUT2D eigenvalue weighted by Gasteiger charge is -2.28. The molecule has 1 fully saturated rings. The average molecular weight is 521 g/mol. The molecule has 0 radical (unpaired) electrons. The fraction of sp³-hybridized carbons (Fsp3) is 0.559. The molecule has 208 valence electrons. The maximum absolute atomic E-state index is 12.5. The van der Waals surface area contributed by atoms with Crippen LogP contribution in [0, 0.1) is 11.8 Å². The van der Waals surface area contributed by atoms with E-state index in [1.165, 1.54) is 57.8 Å².